The molecule has 7 heteroatoms. The van der Waals surface area contributed by atoms with Crippen molar-refractivity contribution in [1.29, 1.82) is 0 Å². The minimum atomic E-state index is -1.15. The highest BCUT2D eigenvalue weighted by atomic mass is 16.5. The third-order valence-corrected chi connectivity index (χ3v) is 4.01. The van der Waals surface area contributed by atoms with Crippen molar-refractivity contribution in [3.8, 4) is 5.75 Å². The lowest BCUT2D eigenvalue weighted by molar-refractivity contribution is -0.115. The van der Waals surface area contributed by atoms with E-state index in [0.29, 0.717) is 11.3 Å². The normalized spacial score (nSPS) is 10.8. The van der Waals surface area contributed by atoms with E-state index in [1.165, 1.54) is 18.2 Å². The average Bonchev–Trinajstić information content (AvgIpc) is 2.91. The van der Waals surface area contributed by atoms with Gasteiger partial charge in [-0.3, -0.25) is 4.79 Å². The Morgan fingerprint density at radius 1 is 1.16 bits per heavy atom. The Morgan fingerprint density at radius 2 is 1.88 bits per heavy atom. The summed E-state index contributed by atoms with van der Waals surface area (Å²) in [5, 5.41) is 26.0. The number of phenolic OH excluding ortho intramolecular Hbond substituents is 1. The second-order valence-electron chi connectivity index (χ2n) is 5.82. The molecule has 0 aliphatic rings. The van der Waals surface area contributed by atoms with Gasteiger partial charge in [0.15, 0.2) is 5.58 Å². The smallest absolute Gasteiger partial charge is 0.335 e. The number of fused-ring (bicyclic) bond motifs is 1. The van der Waals surface area contributed by atoms with E-state index in [4.69, 9.17) is 9.63 Å². The summed E-state index contributed by atoms with van der Waals surface area (Å²) in [7, 11) is 0. The van der Waals surface area contributed by atoms with Crippen molar-refractivity contribution in [1.82, 2.24) is 5.16 Å². The minimum Gasteiger partial charge on any atom is -0.506 e. The van der Waals surface area contributed by atoms with E-state index in [1.54, 1.807) is 0 Å². The zero-order valence-corrected chi connectivity index (χ0v) is 13.7. The predicted molar refractivity (Wildman–Crippen MR) is 90.9 cm³/mol. The van der Waals surface area contributed by atoms with Crippen LogP contribution in [-0.2, 0) is 11.2 Å². The SMILES string of the molecule is Cc1cc2onc(CC(=O)Nc3cc(C(=O)O)ccc3O)c2cc1C. The third-order valence-electron chi connectivity index (χ3n) is 4.01. The van der Waals surface area contributed by atoms with Gasteiger partial charge in [-0.15, -0.1) is 0 Å². The van der Waals surface area contributed by atoms with Crippen LogP contribution in [0.5, 0.6) is 5.75 Å². The molecule has 0 fully saturated rings. The van der Waals surface area contributed by atoms with E-state index in [1.807, 2.05) is 26.0 Å². The molecule has 0 bridgehead atoms. The molecule has 3 N–H and O–H groups in total. The number of nitrogens with zero attached hydrogens (tertiary/aromatic N) is 1. The molecule has 128 valence electrons. The Hall–Kier alpha value is -3.35. The molecule has 0 saturated heterocycles. The summed E-state index contributed by atoms with van der Waals surface area (Å²) in [4.78, 5) is 23.3. The van der Waals surface area contributed by atoms with Crippen molar-refractivity contribution in [2.24, 2.45) is 0 Å². The highest BCUT2D eigenvalue weighted by Gasteiger charge is 2.16. The Kier molecular flexibility index (Phi) is 4.14. The fourth-order valence-electron chi connectivity index (χ4n) is 2.49. The van der Waals surface area contributed by atoms with Gasteiger partial charge in [-0.1, -0.05) is 5.16 Å². The summed E-state index contributed by atoms with van der Waals surface area (Å²) >= 11 is 0. The van der Waals surface area contributed by atoms with Crippen molar-refractivity contribution >= 4 is 28.5 Å². The summed E-state index contributed by atoms with van der Waals surface area (Å²) in [5.74, 6) is -1.80. The standard InChI is InChI=1S/C18H16N2O5/c1-9-5-12-13(20-25-16(12)6-10(9)2)8-17(22)19-14-7-11(18(23)24)3-4-15(14)21/h3-7,21H,8H2,1-2H3,(H,19,22)(H,23,24). The summed E-state index contributed by atoms with van der Waals surface area (Å²) in [6.45, 7) is 3.92. The van der Waals surface area contributed by atoms with Crippen molar-refractivity contribution in [2.45, 2.75) is 20.3 Å². The van der Waals surface area contributed by atoms with Crippen LogP contribution in [-0.4, -0.2) is 27.2 Å². The van der Waals surface area contributed by atoms with Gasteiger partial charge in [0.05, 0.1) is 17.7 Å². The molecule has 0 spiro atoms. The molecule has 0 radical (unpaired) electrons. The number of hydrogen-bond acceptors (Lipinski definition) is 5. The second-order valence-corrected chi connectivity index (χ2v) is 5.82. The molecule has 2 aromatic carbocycles. The fourth-order valence-corrected chi connectivity index (χ4v) is 2.49. The zero-order valence-electron chi connectivity index (χ0n) is 13.7. The lowest BCUT2D eigenvalue weighted by Crippen LogP contribution is -2.15. The average molecular weight is 340 g/mol. The van der Waals surface area contributed by atoms with Gasteiger partial charge in [-0.05, 0) is 55.3 Å². The molecular formula is C18H16N2O5. The first kappa shape index (κ1) is 16.5. The first-order chi connectivity index (χ1) is 11.8. The molecule has 1 amide bonds. The molecule has 3 aromatic rings. The van der Waals surface area contributed by atoms with Crippen molar-refractivity contribution < 1.29 is 24.3 Å². The van der Waals surface area contributed by atoms with Crippen LogP contribution in [0.2, 0.25) is 0 Å². The maximum absolute atomic E-state index is 12.3. The molecule has 1 heterocycles. The molecule has 0 aliphatic carbocycles. The third kappa shape index (κ3) is 3.30. The maximum atomic E-state index is 12.3. The van der Waals surface area contributed by atoms with E-state index in [-0.39, 0.29) is 23.4 Å². The fraction of sp³-hybridized carbons (Fsp3) is 0.167. The lowest BCUT2D eigenvalue weighted by atomic mass is 10.1. The van der Waals surface area contributed by atoms with E-state index in [9.17, 15) is 14.7 Å². The number of rotatable bonds is 4. The second kappa shape index (κ2) is 6.27. The molecule has 7 nitrogen and oxygen atoms in total. The number of benzene rings is 2. The molecule has 25 heavy (non-hydrogen) atoms. The van der Waals surface area contributed by atoms with Crippen LogP contribution in [0.1, 0.15) is 27.2 Å². The number of amides is 1. The van der Waals surface area contributed by atoms with Gasteiger partial charge >= 0.3 is 5.97 Å². The van der Waals surface area contributed by atoms with Gasteiger partial charge < -0.3 is 20.1 Å². The number of anilines is 1. The highest BCUT2D eigenvalue weighted by Crippen LogP contribution is 2.26. The van der Waals surface area contributed by atoms with Gasteiger partial charge in [0.1, 0.15) is 11.4 Å². The topological polar surface area (TPSA) is 113 Å². The predicted octanol–water partition coefficient (Wildman–Crippen LogP) is 3.03. The van der Waals surface area contributed by atoms with Crippen LogP contribution in [0.3, 0.4) is 0 Å². The van der Waals surface area contributed by atoms with E-state index in [0.717, 1.165) is 16.5 Å². The zero-order chi connectivity index (χ0) is 18.1. The molecule has 1 aromatic heterocycles. The van der Waals surface area contributed by atoms with Crippen LogP contribution >= 0.6 is 0 Å². The largest absolute Gasteiger partial charge is 0.506 e. The monoisotopic (exact) mass is 340 g/mol. The minimum absolute atomic E-state index is 0.0322. The first-order valence-electron chi connectivity index (χ1n) is 7.57. The lowest BCUT2D eigenvalue weighted by Gasteiger charge is -2.07. The number of hydrogen-bond donors (Lipinski definition) is 3. The number of carboxylic acids is 1. The molecule has 3 rings (SSSR count). The maximum Gasteiger partial charge on any atom is 0.335 e. The summed E-state index contributed by atoms with van der Waals surface area (Å²) < 4.78 is 5.25. The summed E-state index contributed by atoms with van der Waals surface area (Å²) in [6, 6.07) is 7.44. The van der Waals surface area contributed by atoms with Crippen LogP contribution in [0.4, 0.5) is 5.69 Å². The van der Waals surface area contributed by atoms with Gasteiger partial charge in [0.2, 0.25) is 5.91 Å². The van der Waals surface area contributed by atoms with Crippen LogP contribution in [0.25, 0.3) is 11.0 Å². The van der Waals surface area contributed by atoms with Crippen LogP contribution in [0.15, 0.2) is 34.9 Å². The molecular weight excluding hydrogens is 324 g/mol. The number of aromatic nitrogens is 1. The van der Waals surface area contributed by atoms with Crippen LogP contribution in [0, 0.1) is 13.8 Å². The Bertz CT molecular complexity index is 991. The number of aromatic hydroxyl groups is 1. The molecule has 0 unspecified atom stereocenters. The molecule has 0 saturated carbocycles. The van der Waals surface area contributed by atoms with Crippen molar-refractivity contribution in [2.75, 3.05) is 5.32 Å². The van der Waals surface area contributed by atoms with Gasteiger partial charge in [-0.2, -0.15) is 0 Å². The number of aromatic carboxylic acids is 1. The van der Waals surface area contributed by atoms with Crippen molar-refractivity contribution in [3.05, 3.63) is 52.7 Å². The molecule has 0 aliphatic heterocycles. The van der Waals surface area contributed by atoms with Gasteiger partial charge in [-0.25, -0.2) is 4.79 Å². The van der Waals surface area contributed by atoms with E-state index >= 15 is 0 Å². The number of nitrogens with one attached hydrogen (secondary N) is 1. The summed E-state index contributed by atoms with van der Waals surface area (Å²) in [6.07, 6.45) is -0.0633. The quantitative estimate of drug-likeness (QED) is 0.629. The first-order valence-corrected chi connectivity index (χ1v) is 7.57. The Balaban J connectivity index is 1.83. The van der Waals surface area contributed by atoms with Gasteiger partial charge in [0.25, 0.3) is 0 Å². The Morgan fingerprint density at radius 3 is 2.60 bits per heavy atom. The molecule has 0 atom stereocenters. The van der Waals surface area contributed by atoms with Gasteiger partial charge in [0, 0.05) is 5.39 Å². The number of carboxylic acid groups (broad SMARTS) is 1. The Labute approximate surface area is 142 Å². The summed E-state index contributed by atoms with van der Waals surface area (Å²) in [5.41, 5.74) is 3.20. The number of carbonyl (C=O) groups excluding carboxylic acids is 1. The van der Waals surface area contributed by atoms with E-state index in [2.05, 4.69) is 10.5 Å². The highest BCUT2D eigenvalue weighted by molar-refractivity contribution is 5.97. The van der Waals surface area contributed by atoms with Crippen LogP contribution < -0.4 is 5.32 Å². The number of carbonyl (C=O) groups is 2. The number of phenols is 1. The van der Waals surface area contributed by atoms with Crippen molar-refractivity contribution in [3.63, 3.8) is 0 Å². The number of aryl methyl sites for hydroxylation is 2. The van der Waals surface area contributed by atoms with E-state index < -0.39 is 11.9 Å².